The monoisotopic (exact) mass is 260 g/mol. The summed E-state index contributed by atoms with van der Waals surface area (Å²) in [5.41, 5.74) is 2.47. The Balaban J connectivity index is 2.04. The molecule has 0 aliphatic heterocycles. The molecule has 1 unspecified atom stereocenters. The van der Waals surface area contributed by atoms with E-state index in [-0.39, 0.29) is 0 Å². The van der Waals surface area contributed by atoms with Gasteiger partial charge in [0, 0.05) is 31.7 Å². The molecule has 4 nitrogen and oxygen atoms in total. The summed E-state index contributed by atoms with van der Waals surface area (Å²) in [6.45, 7) is 6.24. The summed E-state index contributed by atoms with van der Waals surface area (Å²) in [5.74, 6) is 0. The van der Waals surface area contributed by atoms with Gasteiger partial charge in [-0.25, -0.2) is 0 Å². The lowest BCUT2D eigenvalue weighted by Gasteiger charge is -2.15. The first-order chi connectivity index (χ1) is 9.22. The van der Waals surface area contributed by atoms with Gasteiger partial charge in [-0.15, -0.1) is 0 Å². The standard InChI is InChI=1S/C15H24N4/c1-4-6-15(16-5-2)13-7-10-19(11-13)12-14-8-9-18(3)17-14/h7-11,15-16H,4-6,12H2,1-3H3. The second-order valence-corrected chi connectivity index (χ2v) is 5.00. The van der Waals surface area contributed by atoms with Crippen molar-refractivity contribution in [2.75, 3.05) is 6.54 Å². The van der Waals surface area contributed by atoms with Gasteiger partial charge in [0.25, 0.3) is 0 Å². The molecule has 1 atom stereocenters. The van der Waals surface area contributed by atoms with Crippen LogP contribution < -0.4 is 5.32 Å². The van der Waals surface area contributed by atoms with Crippen LogP contribution in [0.3, 0.4) is 0 Å². The van der Waals surface area contributed by atoms with E-state index >= 15 is 0 Å². The lowest BCUT2D eigenvalue weighted by molar-refractivity contribution is 0.508. The average Bonchev–Trinajstić information content (AvgIpc) is 2.99. The number of rotatable bonds is 7. The summed E-state index contributed by atoms with van der Waals surface area (Å²) in [6.07, 6.45) is 8.74. The van der Waals surface area contributed by atoms with Crippen molar-refractivity contribution >= 4 is 0 Å². The molecule has 0 fully saturated rings. The van der Waals surface area contributed by atoms with E-state index in [9.17, 15) is 0 Å². The van der Waals surface area contributed by atoms with Gasteiger partial charge in [0.2, 0.25) is 0 Å². The maximum Gasteiger partial charge on any atom is 0.0821 e. The van der Waals surface area contributed by atoms with Gasteiger partial charge in [0.05, 0.1) is 12.2 Å². The quantitative estimate of drug-likeness (QED) is 0.830. The van der Waals surface area contributed by atoms with E-state index in [2.05, 4.69) is 53.4 Å². The van der Waals surface area contributed by atoms with Gasteiger partial charge < -0.3 is 9.88 Å². The smallest absolute Gasteiger partial charge is 0.0821 e. The summed E-state index contributed by atoms with van der Waals surface area (Å²) in [6, 6.07) is 4.75. The first kappa shape index (κ1) is 13.9. The first-order valence-corrected chi connectivity index (χ1v) is 7.10. The summed E-state index contributed by atoms with van der Waals surface area (Å²) in [5, 5.41) is 7.96. The van der Waals surface area contributed by atoms with E-state index in [1.165, 1.54) is 18.4 Å². The highest BCUT2D eigenvalue weighted by Crippen LogP contribution is 2.19. The molecule has 19 heavy (non-hydrogen) atoms. The Kier molecular flexibility index (Phi) is 4.80. The summed E-state index contributed by atoms with van der Waals surface area (Å²) in [7, 11) is 1.95. The van der Waals surface area contributed by atoms with Gasteiger partial charge in [-0.05, 0) is 30.7 Å². The predicted octanol–water partition coefficient (Wildman–Crippen LogP) is 2.72. The number of hydrogen-bond donors (Lipinski definition) is 1. The van der Waals surface area contributed by atoms with Crippen LogP contribution in [0.1, 0.15) is 44.0 Å². The van der Waals surface area contributed by atoms with E-state index in [0.717, 1.165) is 18.8 Å². The Labute approximate surface area is 115 Å². The molecule has 2 aromatic heterocycles. The number of aryl methyl sites for hydroxylation is 1. The van der Waals surface area contributed by atoms with Crippen LogP contribution >= 0.6 is 0 Å². The predicted molar refractivity (Wildman–Crippen MR) is 78.1 cm³/mol. The molecule has 0 saturated heterocycles. The molecule has 4 heteroatoms. The van der Waals surface area contributed by atoms with Crippen molar-refractivity contribution in [3.8, 4) is 0 Å². The minimum absolute atomic E-state index is 0.472. The van der Waals surface area contributed by atoms with Crippen LogP contribution in [0.25, 0.3) is 0 Å². The highest BCUT2D eigenvalue weighted by atomic mass is 15.3. The summed E-state index contributed by atoms with van der Waals surface area (Å²) in [4.78, 5) is 0. The van der Waals surface area contributed by atoms with E-state index in [1.807, 2.05) is 17.9 Å². The molecule has 2 heterocycles. The third-order valence-corrected chi connectivity index (χ3v) is 3.32. The van der Waals surface area contributed by atoms with Crippen LogP contribution in [0.15, 0.2) is 30.7 Å². The number of nitrogens with zero attached hydrogens (tertiary/aromatic N) is 3. The van der Waals surface area contributed by atoms with Gasteiger partial charge in [0.1, 0.15) is 0 Å². The van der Waals surface area contributed by atoms with E-state index in [4.69, 9.17) is 0 Å². The third-order valence-electron chi connectivity index (χ3n) is 3.32. The van der Waals surface area contributed by atoms with Crippen molar-refractivity contribution < 1.29 is 0 Å². The molecule has 0 radical (unpaired) electrons. The molecule has 104 valence electrons. The molecule has 0 aliphatic rings. The molecule has 0 aliphatic carbocycles. The second kappa shape index (κ2) is 6.57. The normalized spacial score (nSPS) is 12.8. The van der Waals surface area contributed by atoms with Gasteiger partial charge >= 0.3 is 0 Å². The molecular formula is C15H24N4. The van der Waals surface area contributed by atoms with Gasteiger partial charge in [-0.1, -0.05) is 20.3 Å². The van der Waals surface area contributed by atoms with Crippen molar-refractivity contribution in [3.05, 3.63) is 42.0 Å². The van der Waals surface area contributed by atoms with E-state index in [0.29, 0.717) is 6.04 Å². The minimum Gasteiger partial charge on any atom is -0.348 e. The van der Waals surface area contributed by atoms with Crippen molar-refractivity contribution in [1.82, 2.24) is 19.7 Å². The Bertz CT molecular complexity index is 492. The number of aromatic nitrogens is 3. The SMILES string of the molecule is CCCC(NCC)c1ccn(Cc2ccn(C)n2)c1. The molecule has 0 spiro atoms. The fourth-order valence-electron chi connectivity index (χ4n) is 2.42. The van der Waals surface area contributed by atoms with E-state index in [1.54, 1.807) is 0 Å². The van der Waals surface area contributed by atoms with Crippen LogP contribution in [-0.2, 0) is 13.6 Å². The zero-order valence-electron chi connectivity index (χ0n) is 12.1. The van der Waals surface area contributed by atoms with Crippen molar-refractivity contribution in [2.24, 2.45) is 7.05 Å². The van der Waals surface area contributed by atoms with Gasteiger partial charge in [-0.2, -0.15) is 5.10 Å². The lowest BCUT2D eigenvalue weighted by atomic mass is 10.1. The highest BCUT2D eigenvalue weighted by Gasteiger charge is 2.10. The second-order valence-electron chi connectivity index (χ2n) is 5.00. The number of hydrogen-bond acceptors (Lipinski definition) is 2. The van der Waals surface area contributed by atoms with Crippen LogP contribution in [0.2, 0.25) is 0 Å². The maximum absolute atomic E-state index is 4.41. The Morgan fingerprint density at radius 3 is 2.74 bits per heavy atom. The molecule has 2 rings (SSSR count). The zero-order chi connectivity index (χ0) is 13.7. The first-order valence-electron chi connectivity index (χ1n) is 7.10. The van der Waals surface area contributed by atoms with Crippen molar-refractivity contribution in [3.63, 3.8) is 0 Å². The highest BCUT2D eigenvalue weighted by molar-refractivity contribution is 5.16. The lowest BCUT2D eigenvalue weighted by Crippen LogP contribution is -2.20. The van der Waals surface area contributed by atoms with Gasteiger partial charge in [-0.3, -0.25) is 4.68 Å². The zero-order valence-corrected chi connectivity index (χ0v) is 12.1. The minimum atomic E-state index is 0.472. The number of nitrogens with one attached hydrogen (secondary N) is 1. The molecule has 0 amide bonds. The van der Waals surface area contributed by atoms with E-state index < -0.39 is 0 Å². The topological polar surface area (TPSA) is 34.8 Å². The fraction of sp³-hybridized carbons (Fsp3) is 0.533. The van der Waals surface area contributed by atoms with Crippen molar-refractivity contribution in [2.45, 2.75) is 39.3 Å². The van der Waals surface area contributed by atoms with Crippen LogP contribution in [-0.4, -0.2) is 20.9 Å². The molecule has 0 saturated carbocycles. The third kappa shape index (κ3) is 3.70. The molecule has 1 N–H and O–H groups in total. The van der Waals surface area contributed by atoms with Crippen molar-refractivity contribution in [1.29, 1.82) is 0 Å². The largest absolute Gasteiger partial charge is 0.348 e. The maximum atomic E-state index is 4.41. The Morgan fingerprint density at radius 2 is 2.11 bits per heavy atom. The molecular weight excluding hydrogens is 236 g/mol. The molecule has 0 aromatic carbocycles. The summed E-state index contributed by atoms with van der Waals surface area (Å²) >= 11 is 0. The van der Waals surface area contributed by atoms with Crippen LogP contribution in [0, 0.1) is 0 Å². The van der Waals surface area contributed by atoms with Gasteiger partial charge in [0.15, 0.2) is 0 Å². The molecule has 2 aromatic rings. The summed E-state index contributed by atoms with van der Waals surface area (Å²) < 4.78 is 4.05. The Hall–Kier alpha value is -1.55. The average molecular weight is 260 g/mol. The van der Waals surface area contributed by atoms with Crippen LogP contribution in [0.4, 0.5) is 0 Å². The fourth-order valence-corrected chi connectivity index (χ4v) is 2.42. The Morgan fingerprint density at radius 1 is 1.26 bits per heavy atom. The molecule has 0 bridgehead atoms. The van der Waals surface area contributed by atoms with Crippen LogP contribution in [0.5, 0.6) is 0 Å².